The number of nitrogens with one attached hydrogen (secondary N) is 1. The van der Waals surface area contributed by atoms with Crippen LogP contribution in [0.2, 0.25) is 5.02 Å². The third kappa shape index (κ3) is 3.59. The number of halogens is 1. The zero-order valence-corrected chi connectivity index (χ0v) is 17.2. The quantitative estimate of drug-likeness (QED) is 0.462. The highest BCUT2D eigenvalue weighted by Crippen LogP contribution is 2.34. The van der Waals surface area contributed by atoms with Gasteiger partial charge in [0.1, 0.15) is 11.1 Å². The van der Waals surface area contributed by atoms with Crippen LogP contribution in [0.3, 0.4) is 0 Å². The lowest BCUT2D eigenvalue weighted by atomic mass is 10.2. The van der Waals surface area contributed by atoms with Gasteiger partial charge in [-0.1, -0.05) is 42.6 Å². The van der Waals surface area contributed by atoms with E-state index in [1.807, 2.05) is 24.3 Å². The van der Waals surface area contributed by atoms with Crippen molar-refractivity contribution < 1.29 is 9.21 Å². The Balaban J connectivity index is 1.62. The zero-order chi connectivity index (χ0) is 20.5. The summed E-state index contributed by atoms with van der Waals surface area (Å²) in [5.74, 6) is 0.433. The number of rotatable bonds is 3. The molecule has 1 saturated heterocycles. The van der Waals surface area contributed by atoms with Crippen molar-refractivity contribution >= 4 is 51.1 Å². The highest BCUT2D eigenvalue weighted by Gasteiger charge is 2.23. The number of nitrogens with zero attached hydrogens (tertiary/aromatic N) is 3. The molecule has 7 heteroatoms. The van der Waals surface area contributed by atoms with E-state index in [4.69, 9.17) is 16.0 Å². The van der Waals surface area contributed by atoms with Gasteiger partial charge in [0.05, 0.1) is 0 Å². The fraction of sp³-hybridized carbons (Fsp3) is 0.261. The van der Waals surface area contributed by atoms with Crippen LogP contribution in [0.25, 0.3) is 22.1 Å². The zero-order valence-electron chi connectivity index (χ0n) is 16.4. The first-order chi connectivity index (χ1) is 14.7. The second kappa shape index (κ2) is 7.95. The Bertz CT molecular complexity index is 1230. The molecular formula is C23H21ClN4O2. The first-order valence-corrected chi connectivity index (χ1v) is 10.6. The fourth-order valence-electron chi connectivity index (χ4n) is 3.93. The molecule has 5 rings (SSSR count). The number of para-hydroxylation sites is 1. The topological polar surface area (TPSA) is 71.3 Å². The summed E-state index contributed by atoms with van der Waals surface area (Å²) in [6, 6.07) is 14.8. The van der Waals surface area contributed by atoms with Gasteiger partial charge in [-0.3, -0.25) is 4.79 Å². The number of carbonyl (C=O) groups excluding carboxylic acids is 1. The molecule has 0 atom stereocenters. The van der Waals surface area contributed by atoms with Crippen molar-refractivity contribution in [3.8, 4) is 0 Å². The van der Waals surface area contributed by atoms with Gasteiger partial charge in [-0.2, -0.15) is 0 Å². The van der Waals surface area contributed by atoms with E-state index in [1.54, 1.807) is 24.3 Å². The lowest BCUT2D eigenvalue weighted by Crippen LogP contribution is -2.26. The summed E-state index contributed by atoms with van der Waals surface area (Å²) in [6.07, 6.45) is 4.59. The molecule has 1 fully saturated rings. The number of aromatic nitrogens is 2. The molecule has 1 amide bonds. The summed E-state index contributed by atoms with van der Waals surface area (Å²) in [6.45, 7) is 1.77. The first-order valence-electron chi connectivity index (χ1n) is 10.2. The number of fused-ring (bicyclic) bond motifs is 3. The van der Waals surface area contributed by atoms with E-state index in [2.05, 4.69) is 20.2 Å². The number of furan rings is 1. The Morgan fingerprint density at radius 1 is 1.00 bits per heavy atom. The lowest BCUT2D eigenvalue weighted by molar-refractivity contribution is 0.101. The van der Waals surface area contributed by atoms with Crippen molar-refractivity contribution in [1.29, 1.82) is 0 Å². The molecule has 1 aliphatic heterocycles. The summed E-state index contributed by atoms with van der Waals surface area (Å²) in [4.78, 5) is 24.5. The van der Waals surface area contributed by atoms with Crippen LogP contribution >= 0.6 is 11.6 Å². The molecule has 152 valence electrons. The maximum absolute atomic E-state index is 13.0. The standard InChI is InChI=1S/C23H21ClN4O2/c24-15-8-7-9-16(14-15)25-23(29)21-26-19-17-10-3-4-11-18(17)30-20(19)22(27-21)28-12-5-1-2-6-13-28/h3-4,7-11,14H,1-2,5-6,12-13H2,(H,25,29). The second-order valence-corrected chi connectivity index (χ2v) is 7.95. The van der Waals surface area contributed by atoms with Crippen LogP contribution in [0.1, 0.15) is 36.3 Å². The molecule has 0 spiro atoms. The molecule has 0 saturated carbocycles. The van der Waals surface area contributed by atoms with Gasteiger partial charge in [0, 0.05) is 29.2 Å². The first kappa shape index (κ1) is 18.9. The number of anilines is 2. The highest BCUT2D eigenvalue weighted by molar-refractivity contribution is 6.31. The molecule has 2 aromatic carbocycles. The number of benzene rings is 2. The number of amides is 1. The second-order valence-electron chi connectivity index (χ2n) is 7.51. The predicted octanol–water partition coefficient (Wildman–Crippen LogP) is 5.66. The highest BCUT2D eigenvalue weighted by atomic mass is 35.5. The van der Waals surface area contributed by atoms with Crippen molar-refractivity contribution in [3.63, 3.8) is 0 Å². The van der Waals surface area contributed by atoms with Gasteiger partial charge >= 0.3 is 0 Å². The van der Waals surface area contributed by atoms with Crippen LogP contribution in [0.15, 0.2) is 52.9 Å². The van der Waals surface area contributed by atoms with E-state index in [9.17, 15) is 4.79 Å². The Labute approximate surface area is 178 Å². The third-order valence-electron chi connectivity index (χ3n) is 5.39. The van der Waals surface area contributed by atoms with Gasteiger partial charge < -0.3 is 14.6 Å². The van der Waals surface area contributed by atoms with E-state index >= 15 is 0 Å². The Morgan fingerprint density at radius 3 is 2.60 bits per heavy atom. The number of carbonyl (C=O) groups is 1. The molecule has 1 N–H and O–H groups in total. The largest absolute Gasteiger partial charge is 0.450 e. The smallest absolute Gasteiger partial charge is 0.293 e. The minimum absolute atomic E-state index is 0.119. The van der Waals surface area contributed by atoms with Gasteiger partial charge in [0.25, 0.3) is 5.91 Å². The SMILES string of the molecule is O=C(Nc1cccc(Cl)c1)c1nc(N2CCCCCC2)c2oc3ccccc3c2n1. The maximum Gasteiger partial charge on any atom is 0.293 e. The molecule has 3 heterocycles. The Hall–Kier alpha value is -3.12. The summed E-state index contributed by atoms with van der Waals surface area (Å²) in [5.41, 5.74) is 2.64. The fourth-order valence-corrected chi connectivity index (χ4v) is 4.12. The average Bonchev–Trinajstić information content (AvgIpc) is 2.92. The molecule has 4 aromatic rings. The van der Waals surface area contributed by atoms with Crippen molar-refractivity contribution in [3.05, 3.63) is 59.4 Å². The molecule has 0 aliphatic carbocycles. The van der Waals surface area contributed by atoms with Gasteiger partial charge in [-0.15, -0.1) is 0 Å². The minimum atomic E-state index is -0.375. The Kier molecular flexibility index (Phi) is 5.01. The average molecular weight is 421 g/mol. The van der Waals surface area contributed by atoms with Crippen LogP contribution in [0, 0.1) is 0 Å². The third-order valence-corrected chi connectivity index (χ3v) is 5.63. The van der Waals surface area contributed by atoms with E-state index in [0.29, 0.717) is 27.6 Å². The molecular weight excluding hydrogens is 400 g/mol. The monoisotopic (exact) mass is 420 g/mol. The van der Waals surface area contributed by atoms with Crippen LogP contribution in [-0.4, -0.2) is 29.0 Å². The normalized spacial score (nSPS) is 14.8. The van der Waals surface area contributed by atoms with Crippen molar-refractivity contribution in [2.75, 3.05) is 23.3 Å². The summed E-state index contributed by atoms with van der Waals surface area (Å²) in [7, 11) is 0. The maximum atomic E-state index is 13.0. The molecule has 2 aromatic heterocycles. The van der Waals surface area contributed by atoms with Crippen molar-refractivity contribution in [2.24, 2.45) is 0 Å². The minimum Gasteiger partial charge on any atom is -0.450 e. The van der Waals surface area contributed by atoms with Crippen LogP contribution in [-0.2, 0) is 0 Å². The summed E-state index contributed by atoms with van der Waals surface area (Å²) < 4.78 is 6.13. The molecule has 0 radical (unpaired) electrons. The molecule has 6 nitrogen and oxygen atoms in total. The summed E-state index contributed by atoms with van der Waals surface area (Å²) >= 11 is 6.04. The van der Waals surface area contributed by atoms with Crippen LogP contribution < -0.4 is 10.2 Å². The van der Waals surface area contributed by atoms with E-state index in [-0.39, 0.29) is 11.7 Å². The van der Waals surface area contributed by atoms with Gasteiger partial charge in [-0.25, -0.2) is 9.97 Å². The summed E-state index contributed by atoms with van der Waals surface area (Å²) in [5, 5.41) is 4.28. The molecule has 1 aliphatic rings. The number of hydrogen-bond donors (Lipinski definition) is 1. The van der Waals surface area contributed by atoms with E-state index in [0.717, 1.165) is 36.9 Å². The van der Waals surface area contributed by atoms with Gasteiger partial charge in [0.2, 0.25) is 5.82 Å². The van der Waals surface area contributed by atoms with Crippen LogP contribution in [0.5, 0.6) is 0 Å². The van der Waals surface area contributed by atoms with Gasteiger partial charge in [0.15, 0.2) is 11.4 Å². The van der Waals surface area contributed by atoms with E-state index < -0.39 is 0 Å². The van der Waals surface area contributed by atoms with E-state index in [1.165, 1.54) is 12.8 Å². The van der Waals surface area contributed by atoms with Crippen molar-refractivity contribution in [2.45, 2.75) is 25.7 Å². The lowest BCUT2D eigenvalue weighted by Gasteiger charge is -2.21. The van der Waals surface area contributed by atoms with Crippen molar-refractivity contribution in [1.82, 2.24) is 9.97 Å². The van der Waals surface area contributed by atoms with Crippen LogP contribution in [0.4, 0.5) is 11.5 Å². The molecule has 30 heavy (non-hydrogen) atoms. The van der Waals surface area contributed by atoms with Gasteiger partial charge in [-0.05, 0) is 43.2 Å². The molecule has 0 unspecified atom stereocenters. The predicted molar refractivity (Wildman–Crippen MR) is 119 cm³/mol. The number of hydrogen-bond acceptors (Lipinski definition) is 5. The Morgan fingerprint density at radius 2 is 1.80 bits per heavy atom. The molecule has 0 bridgehead atoms.